The van der Waals surface area contributed by atoms with E-state index in [1.807, 2.05) is 19.1 Å². The van der Waals surface area contributed by atoms with Gasteiger partial charge < -0.3 is 14.8 Å². The van der Waals surface area contributed by atoms with Gasteiger partial charge in [0.2, 0.25) is 11.8 Å². The first kappa shape index (κ1) is 22.5. The Kier molecular flexibility index (Phi) is 6.62. The van der Waals surface area contributed by atoms with E-state index in [1.165, 1.54) is 18.9 Å². The predicted octanol–water partition coefficient (Wildman–Crippen LogP) is 4.79. The quantitative estimate of drug-likeness (QED) is 0.625. The molecule has 1 saturated carbocycles. The number of amidine groups is 1. The zero-order valence-electron chi connectivity index (χ0n) is 18.1. The van der Waals surface area contributed by atoms with Crippen LogP contribution in [0.4, 0.5) is 11.4 Å². The van der Waals surface area contributed by atoms with Crippen molar-refractivity contribution in [2.24, 2.45) is 4.99 Å². The van der Waals surface area contributed by atoms with Crippen LogP contribution < -0.4 is 14.8 Å². The van der Waals surface area contributed by atoms with Gasteiger partial charge in [0.05, 0.1) is 19.9 Å². The van der Waals surface area contributed by atoms with Crippen molar-refractivity contribution in [2.75, 3.05) is 19.5 Å². The first-order chi connectivity index (χ1) is 15.4. The summed E-state index contributed by atoms with van der Waals surface area (Å²) in [5.41, 5.74) is 2.23. The molecule has 32 heavy (non-hydrogen) atoms. The molecule has 2 aromatic rings. The van der Waals surface area contributed by atoms with E-state index in [2.05, 4.69) is 10.3 Å². The first-order valence-electron chi connectivity index (χ1n) is 10.3. The van der Waals surface area contributed by atoms with Gasteiger partial charge >= 0.3 is 0 Å². The molecule has 2 aromatic carbocycles. The number of carbonyl (C=O) groups excluding carboxylic acids is 2. The molecule has 1 unspecified atom stereocenters. The number of hydrogen-bond acceptors (Lipinski definition) is 6. The van der Waals surface area contributed by atoms with Crippen molar-refractivity contribution in [3.8, 4) is 11.5 Å². The van der Waals surface area contributed by atoms with E-state index < -0.39 is 5.25 Å². The molecule has 0 spiro atoms. The Labute approximate surface area is 196 Å². The lowest BCUT2D eigenvalue weighted by Crippen LogP contribution is -2.35. The summed E-state index contributed by atoms with van der Waals surface area (Å²) in [6.45, 7) is 1.93. The number of benzene rings is 2. The van der Waals surface area contributed by atoms with Crippen LogP contribution in [0.2, 0.25) is 5.02 Å². The number of aryl methyl sites for hydroxylation is 1. The Balaban J connectivity index is 1.48. The van der Waals surface area contributed by atoms with Gasteiger partial charge in [-0.2, -0.15) is 0 Å². The summed E-state index contributed by atoms with van der Waals surface area (Å²) in [6, 6.07) is 10.9. The molecule has 0 radical (unpaired) electrons. The van der Waals surface area contributed by atoms with Gasteiger partial charge in [0.25, 0.3) is 0 Å². The zero-order valence-corrected chi connectivity index (χ0v) is 19.6. The minimum Gasteiger partial charge on any atom is -0.493 e. The number of anilines is 1. The number of ether oxygens (including phenoxy) is 2. The number of nitrogens with zero attached hydrogens (tertiary/aromatic N) is 2. The molecule has 1 saturated heterocycles. The van der Waals surface area contributed by atoms with Crippen LogP contribution >= 0.6 is 23.4 Å². The third-order valence-electron chi connectivity index (χ3n) is 5.30. The summed E-state index contributed by atoms with van der Waals surface area (Å²) < 4.78 is 10.5. The van der Waals surface area contributed by atoms with Crippen molar-refractivity contribution >= 4 is 51.7 Å². The Morgan fingerprint density at radius 2 is 1.94 bits per heavy atom. The average molecular weight is 474 g/mol. The number of thioether (sulfide) groups is 1. The Morgan fingerprint density at radius 1 is 1.19 bits per heavy atom. The molecular weight excluding hydrogens is 450 g/mol. The minimum atomic E-state index is -0.518. The molecule has 1 N–H and O–H groups in total. The molecule has 2 fully saturated rings. The summed E-state index contributed by atoms with van der Waals surface area (Å²) >= 11 is 7.56. The second-order valence-corrected chi connectivity index (χ2v) is 9.27. The van der Waals surface area contributed by atoms with Gasteiger partial charge in [-0.3, -0.25) is 14.5 Å². The highest BCUT2D eigenvalue weighted by molar-refractivity contribution is 8.15. The maximum atomic E-state index is 13.1. The summed E-state index contributed by atoms with van der Waals surface area (Å²) in [6.07, 6.45) is 1.95. The number of rotatable bonds is 7. The fraction of sp³-hybridized carbons (Fsp3) is 0.348. The molecule has 168 valence electrons. The minimum absolute atomic E-state index is 0.0503. The number of nitrogens with one attached hydrogen (secondary N) is 1. The number of methoxy groups -OCH3 is 2. The second-order valence-electron chi connectivity index (χ2n) is 7.70. The Bertz CT molecular complexity index is 1090. The molecule has 1 heterocycles. The number of carbonyl (C=O) groups is 2. The van der Waals surface area contributed by atoms with Gasteiger partial charge in [0.1, 0.15) is 5.25 Å². The summed E-state index contributed by atoms with van der Waals surface area (Å²) in [5, 5.41) is 3.58. The Morgan fingerprint density at radius 3 is 2.59 bits per heavy atom. The number of halogens is 1. The lowest BCUT2D eigenvalue weighted by atomic mass is 10.2. The topological polar surface area (TPSA) is 80.2 Å². The number of amides is 2. The van der Waals surface area contributed by atoms with E-state index in [0.717, 1.165) is 18.4 Å². The van der Waals surface area contributed by atoms with Crippen molar-refractivity contribution in [2.45, 2.75) is 37.5 Å². The summed E-state index contributed by atoms with van der Waals surface area (Å²) in [4.78, 5) is 32.2. The van der Waals surface area contributed by atoms with Crippen LogP contribution in [-0.2, 0) is 9.59 Å². The van der Waals surface area contributed by atoms with E-state index in [0.29, 0.717) is 33.1 Å². The van der Waals surface area contributed by atoms with Crippen LogP contribution in [0.15, 0.2) is 41.4 Å². The standard InChI is InChI=1S/C23H24ClN3O4S/c1-13-4-5-14(10-17(13)24)26-23-27(16-7-8-16)22(29)20(32-23)12-21(28)25-15-6-9-18(30-2)19(11-15)31-3/h4-6,9-11,16,20H,7-8,12H2,1-3H3,(H,25,28). The summed E-state index contributed by atoms with van der Waals surface area (Å²) in [7, 11) is 3.08. The maximum Gasteiger partial charge on any atom is 0.242 e. The molecule has 2 amide bonds. The predicted molar refractivity (Wildman–Crippen MR) is 127 cm³/mol. The van der Waals surface area contributed by atoms with Crippen molar-refractivity contribution in [1.82, 2.24) is 4.90 Å². The molecule has 1 aliphatic carbocycles. The SMILES string of the molecule is COc1ccc(NC(=O)CC2SC(=Nc3ccc(C)c(Cl)c3)N(C3CC3)C2=O)cc1OC. The van der Waals surface area contributed by atoms with Gasteiger partial charge in [0.15, 0.2) is 16.7 Å². The normalized spacial score (nSPS) is 19.4. The van der Waals surface area contributed by atoms with Gasteiger partial charge in [0, 0.05) is 29.2 Å². The van der Waals surface area contributed by atoms with E-state index >= 15 is 0 Å². The monoisotopic (exact) mass is 473 g/mol. The molecule has 4 rings (SSSR count). The van der Waals surface area contributed by atoms with E-state index in [-0.39, 0.29) is 24.3 Å². The summed E-state index contributed by atoms with van der Waals surface area (Å²) in [5.74, 6) is 0.766. The molecule has 9 heteroatoms. The third-order valence-corrected chi connectivity index (χ3v) is 6.86. The smallest absolute Gasteiger partial charge is 0.242 e. The lowest BCUT2D eigenvalue weighted by molar-refractivity contribution is -0.128. The largest absolute Gasteiger partial charge is 0.493 e. The van der Waals surface area contributed by atoms with Crippen LogP contribution in [0.25, 0.3) is 0 Å². The van der Waals surface area contributed by atoms with Crippen LogP contribution in [0.1, 0.15) is 24.8 Å². The van der Waals surface area contributed by atoms with Gasteiger partial charge in [-0.25, -0.2) is 4.99 Å². The van der Waals surface area contributed by atoms with Crippen LogP contribution in [0, 0.1) is 6.92 Å². The molecule has 7 nitrogen and oxygen atoms in total. The molecule has 1 aliphatic heterocycles. The average Bonchev–Trinajstić information content (AvgIpc) is 3.56. The van der Waals surface area contributed by atoms with Crippen LogP contribution in [0.5, 0.6) is 11.5 Å². The van der Waals surface area contributed by atoms with Crippen molar-refractivity contribution in [1.29, 1.82) is 0 Å². The zero-order chi connectivity index (χ0) is 22.8. The van der Waals surface area contributed by atoms with Crippen molar-refractivity contribution in [3.63, 3.8) is 0 Å². The van der Waals surface area contributed by atoms with E-state index in [1.54, 1.807) is 36.3 Å². The molecule has 0 bridgehead atoms. The molecule has 1 atom stereocenters. The lowest BCUT2D eigenvalue weighted by Gasteiger charge is -2.15. The number of aliphatic imine (C=N–C) groups is 1. The first-order valence-corrected chi connectivity index (χ1v) is 11.5. The molecule has 0 aromatic heterocycles. The van der Waals surface area contributed by atoms with Crippen molar-refractivity contribution < 1.29 is 19.1 Å². The fourth-order valence-corrected chi connectivity index (χ4v) is 4.81. The van der Waals surface area contributed by atoms with Gasteiger partial charge in [-0.1, -0.05) is 29.4 Å². The second kappa shape index (κ2) is 9.42. The fourth-order valence-electron chi connectivity index (χ4n) is 3.42. The number of hydrogen-bond donors (Lipinski definition) is 1. The Hall–Kier alpha value is -2.71. The van der Waals surface area contributed by atoms with Crippen molar-refractivity contribution in [3.05, 3.63) is 47.0 Å². The van der Waals surface area contributed by atoms with E-state index in [9.17, 15) is 9.59 Å². The highest BCUT2D eigenvalue weighted by Gasteiger charge is 2.46. The highest BCUT2D eigenvalue weighted by Crippen LogP contribution is 2.40. The molecular formula is C23H24ClN3O4S. The molecule has 2 aliphatic rings. The van der Waals surface area contributed by atoms with Crippen LogP contribution in [0.3, 0.4) is 0 Å². The highest BCUT2D eigenvalue weighted by atomic mass is 35.5. The maximum absolute atomic E-state index is 13.1. The van der Waals surface area contributed by atoms with E-state index in [4.69, 9.17) is 21.1 Å². The van der Waals surface area contributed by atoms with Gasteiger partial charge in [-0.15, -0.1) is 0 Å². The third kappa shape index (κ3) is 4.86. The van der Waals surface area contributed by atoms with Crippen LogP contribution in [-0.4, -0.2) is 47.4 Å². The van der Waals surface area contributed by atoms with Gasteiger partial charge in [-0.05, 0) is 49.6 Å².